The van der Waals surface area contributed by atoms with Crippen LogP contribution < -0.4 is 16.6 Å². The second kappa shape index (κ2) is 4.53. The number of nitrogens with two attached hydrogens (primary N) is 1. The van der Waals surface area contributed by atoms with E-state index in [4.69, 9.17) is 5.84 Å². The van der Waals surface area contributed by atoms with Gasteiger partial charge in [0, 0.05) is 11.8 Å². The summed E-state index contributed by atoms with van der Waals surface area (Å²) in [6, 6.07) is 1.79. The van der Waals surface area contributed by atoms with Crippen molar-refractivity contribution in [2.75, 3.05) is 10.7 Å². The van der Waals surface area contributed by atoms with Gasteiger partial charge >= 0.3 is 0 Å². The van der Waals surface area contributed by atoms with Crippen molar-refractivity contribution in [1.82, 2.24) is 20.1 Å². The molecule has 8 heteroatoms. The van der Waals surface area contributed by atoms with Crippen LogP contribution in [0.3, 0.4) is 0 Å². The Morgan fingerprint density at radius 2 is 2.31 bits per heavy atom. The average Bonchev–Trinajstić information content (AvgIpc) is 2.78. The van der Waals surface area contributed by atoms with Crippen molar-refractivity contribution in [2.45, 2.75) is 13.5 Å². The zero-order valence-electron chi connectivity index (χ0n) is 8.64. The van der Waals surface area contributed by atoms with E-state index < -0.39 is 0 Å². The highest BCUT2D eigenvalue weighted by molar-refractivity contribution is 5.41. The fourth-order valence-corrected chi connectivity index (χ4v) is 1.16. The molecule has 0 aromatic carbocycles. The molecule has 2 aromatic heterocycles. The second-order valence-electron chi connectivity index (χ2n) is 3.06. The van der Waals surface area contributed by atoms with Gasteiger partial charge in [0.1, 0.15) is 5.82 Å². The summed E-state index contributed by atoms with van der Waals surface area (Å²) in [5, 5.41) is 6.69. The first kappa shape index (κ1) is 10.3. The Hall–Kier alpha value is -2.22. The molecule has 4 N–H and O–H groups in total. The van der Waals surface area contributed by atoms with Crippen LogP contribution in [0.15, 0.2) is 17.0 Å². The highest BCUT2D eigenvalue weighted by Gasteiger charge is 2.02. The lowest BCUT2D eigenvalue weighted by Gasteiger charge is -2.05. The van der Waals surface area contributed by atoms with Crippen molar-refractivity contribution in [3.63, 3.8) is 0 Å². The van der Waals surface area contributed by atoms with Gasteiger partial charge in [0.2, 0.25) is 12.3 Å². The minimum Gasteiger partial charge on any atom is -0.362 e. The van der Waals surface area contributed by atoms with E-state index in [2.05, 4.69) is 35.4 Å². The molecular formula is C8H11N7O. The maximum atomic E-state index is 5.24. The van der Waals surface area contributed by atoms with Gasteiger partial charge in [-0.3, -0.25) is 5.43 Å². The number of hydrogen-bond acceptors (Lipinski definition) is 8. The third-order valence-electron chi connectivity index (χ3n) is 1.82. The van der Waals surface area contributed by atoms with E-state index in [-0.39, 0.29) is 0 Å². The molecule has 0 unspecified atom stereocenters. The zero-order chi connectivity index (χ0) is 11.4. The van der Waals surface area contributed by atoms with Crippen molar-refractivity contribution >= 4 is 11.8 Å². The number of hydrazine groups is 1. The van der Waals surface area contributed by atoms with E-state index >= 15 is 0 Å². The Balaban J connectivity index is 2.06. The van der Waals surface area contributed by atoms with Crippen molar-refractivity contribution in [3.05, 3.63) is 24.0 Å². The third kappa shape index (κ3) is 2.42. The van der Waals surface area contributed by atoms with Crippen molar-refractivity contribution < 1.29 is 4.52 Å². The zero-order valence-corrected chi connectivity index (χ0v) is 8.64. The molecule has 0 aliphatic carbocycles. The predicted molar refractivity (Wildman–Crippen MR) is 56.2 cm³/mol. The van der Waals surface area contributed by atoms with Crippen LogP contribution in [0.25, 0.3) is 0 Å². The van der Waals surface area contributed by atoms with Crippen molar-refractivity contribution in [3.8, 4) is 0 Å². The number of aryl methyl sites for hydroxylation is 1. The molecule has 0 spiro atoms. The maximum absolute atomic E-state index is 5.24. The monoisotopic (exact) mass is 221 g/mol. The minimum atomic E-state index is 0.357. The molecule has 84 valence electrons. The van der Waals surface area contributed by atoms with Gasteiger partial charge < -0.3 is 9.84 Å². The molecule has 0 atom stereocenters. The summed E-state index contributed by atoms with van der Waals surface area (Å²) in [7, 11) is 0. The maximum Gasteiger partial charge on any atom is 0.239 e. The molecule has 0 radical (unpaired) electrons. The lowest BCUT2D eigenvalue weighted by molar-refractivity contribution is 0.411. The first-order valence-electron chi connectivity index (χ1n) is 4.59. The van der Waals surface area contributed by atoms with Crippen molar-refractivity contribution in [1.29, 1.82) is 0 Å². The van der Waals surface area contributed by atoms with Crippen LogP contribution in [-0.4, -0.2) is 20.1 Å². The highest BCUT2D eigenvalue weighted by Crippen LogP contribution is 2.09. The first-order valence-corrected chi connectivity index (χ1v) is 4.59. The van der Waals surface area contributed by atoms with E-state index in [1.165, 1.54) is 6.39 Å². The molecule has 0 amide bonds. The fraction of sp³-hybridized carbons (Fsp3) is 0.250. The Morgan fingerprint density at radius 1 is 1.44 bits per heavy atom. The Morgan fingerprint density at radius 3 is 3.00 bits per heavy atom. The van der Waals surface area contributed by atoms with Gasteiger partial charge in [-0.05, 0) is 6.92 Å². The highest BCUT2D eigenvalue weighted by atomic mass is 16.5. The van der Waals surface area contributed by atoms with E-state index in [0.29, 0.717) is 24.1 Å². The normalized spacial score (nSPS) is 10.1. The van der Waals surface area contributed by atoms with Crippen LogP contribution in [0.2, 0.25) is 0 Å². The van der Waals surface area contributed by atoms with E-state index in [0.717, 1.165) is 5.69 Å². The van der Waals surface area contributed by atoms with Gasteiger partial charge in [-0.25, -0.2) is 10.8 Å². The van der Waals surface area contributed by atoms with Gasteiger partial charge in [-0.1, -0.05) is 5.16 Å². The number of nitrogens with one attached hydrogen (secondary N) is 2. The summed E-state index contributed by atoms with van der Waals surface area (Å²) < 4.78 is 4.61. The third-order valence-corrected chi connectivity index (χ3v) is 1.82. The summed E-state index contributed by atoms with van der Waals surface area (Å²) in [5.74, 6) is 6.79. The first-order chi connectivity index (χ1) is 7.78. The molecule has 0 saturated heterocycles. The SMILES string of the molecule is Cc1cc(NCc2ncon2)nc(NN)n1. The fourth-order valence-electron chi connectivity index (χ4n) is 1.16. The molecule has 0 aliphatic heterocycles. The van der Waals surface area contributed by atoms with Crippen LogP contribution in [0.5, 0.6) is 0 Å². The van der Waals surface area contributed by atoms with E-state index in [1.54, 1.807) is 6.07 Å². The average molecular weight is 221 g/mol. The lowest BCUT2D eigenvalue weighted by Crippen LogP contribution is -2.12. The minimum absolute atomic E-state index is 0.357. The topological polar surface area (TPSA) is 115 Å². The molecule has 2 aromatic rings. The summed E-state index contributed by atoms with van der Waals surface area (Å²) in [4.78, 5) is 12.0. The molecular weight excluding hydrogens is 210 g/mol. The van der Waals surface area contributed by atoms with Gasteiger partial charge in [0.15, 0.2) is 5.82 Å². The Labute approximate surface area is 91.3 Å². The van der Waals surface area contributed by atoms with Crippen LogP contribution >= 0.6 is 0 Å². The van der Waals surface area contributed by atoms with Crippen LogP contribution in [0, 0.1) is 6.92 Å². The van der Waals surface area contributed by atoms with Gasteiger partial charge in [-0.2, -0.15) is 9.97 Å². The number of anilines is 2. The van der Waals surface area contributed by atoms with Crippen LogP contribution in [0.4, 0.5) is 11.8 Å². The Kier molecular flexibility index (Phi) is 2.92. The number of nitrogen functional groups attached to an aromatic ring is 1. The Bertz CT molecular complexity index is 455. The summed E-state index contributed by atoms with van der Waals surface area (Å²) >= 11 is 0. The number of rotatable bonds is 4. The molecule has 2 heterocycles. The van der Waals surface area contributed by atoms with E-state index in [9.17, 15) is 0 Å². The molecule has 0 aliphatic rings. The van der Waals surface area contributed by atoms with E-state index in [1.807, 2.05) is 6.92 Å². The summed E-state index contributed by atoms with van der Waals surface area (Å²) in [6.45, 7) is 2.28. The number of aromatic nitrogens is 4. The molecule has 2 rings (SSSR count). The summed E-state index contributed by atoms with van der Waals surface area (Å²) in [6.07, 6.45) is 1.27. The lowest BCUT2D eigenvalue weighted by atomic mass is 10.4. The standard InChI is InChI=1S/C8H11N7O/c1-5-2-6(13-8(12-5)14-9)10-3-7-11-4-16-15-7/h2,4H,3,9H2,1H3,(H2,10,12,13,14). The van der Waals surface area contributed by atoms with Crippen molar-refractivity contribution in [2.24, 2.45) is 5.84 Å². The molecule has 0 saturated carbocycles. The van der Waals surface area contributed by atoms with Gasteiger partial charge in [-0.15, -0.1) is 0 Å². The van der Waals surface area contributed by atoms with Gasteiger partial charge in [0.25, 0.3) is 0 Å². The summed E-state index contributed by atoms with van der Waals surface area (Å²) in [5.41, 5.74) is 3.19. The smallest absolute Gasteiger partial charge is 0.239 e. The molecule has 16 heavy (non-hydrogen) atoms. The van der Waals surface area contributed by atoms with Crippen LogP contribution in [0.1, 0.15) is 11.5 Å². The molecule has 8 nitrogen and oxygen atoms in total. The largest absolute Gasteiger partial charge is 0.362 e. The molecule has 0 fully saturated rings. The molecule has 0 bridgehead atoms. The predicted octanol–water partition coefficient (Wildman–Crippen LogP) is 0.0657. The second-order valence-corrected chi connectivity index (χ2v) is 3.06. The quantitative estimate of drug-likeness (QED) is 0.490. The van der Waals surface area contributed by atoms with Crippen LogP contribution in [-0.2, 0) is 6.54 Å². The number of nitrogens with zero attached hydrogens (tertiary/aromatic N) is 4. The number of hydrogen-bond donors (Lipinski definition) is 3. The van der Waals surface area contributed by atoms with Gasteiger partial charge in [0.05, 0.1) is 6.54 Å².